The zero-order chi connectivity index (χ0) is 28.6. The number of benzene rings is 3. The monoisotopic (exact) mass is 568 g/mol. The van der Waals surface area contributed by atoms with Gasteiger partial charge in [0.1, 0.15) is 11.9 Å². The van der Waals surface area contributed by atoms with Crippen molar-refractivity contribution in [2.24, 2.45) is 0 Å². The third-order valence-electron chi connectivity index (χ3n) is 6.52. The summed E-state index contributed by atoms with van der Waals surface area (Å²) in [5.41, 5.74) is 2.70. The van der Waals surface area contributed by atoms with E-state index in [2.05, 4.69) is 16.0 Å². The van der Waals surface area contributed by atoms with E-state index in [1.165, 1.54) is 14.2 Å². The van der Waals surface area contributed by atoms with E-state index < -0.39 is 18.2 Å². The summed E-state index contributed by atoms with van der Waals surface area (Å²) in [6.45, 7) is 0.377. The smallest absolute Gasteiger partial charge is 0.337 e. The SMILES string of the molecule is COC(=O)c1ccc(NCC2CC(F)CN2C(=O)Cc2ccc(NC(=O)Nc3ccccc3Cl)c(OC)c2)cc1. The van der Waals surface area contributed by atoms with Crippen molar-refractivity contribution in [2.45, 2.75) is 25.1 Å². The highest BCUT2D eigenvalue weighted by Crippen LogP contribution is 2.28. The first-order chi connectivity index (χ1) is 19.3. The second-order valence-electron chi connectivity index (χ2n) is 9.25. The zero-order valence-electron chi connectivity index (χ0n) is 22.1. The highest BCUT2D eigenvalue weighted by Gasteiger charge is 2.35. The van der Waals surface area contributed by atoms with Crippen molar-refractivity contribution in [3.05, 3.63) is 82.9 Å². The quantitative estimate of drug-likeness (QED) is 0.299. The van der Waals surface area contributed by atoms with E-state index in [-0.39, 0.29) is 31.3 Å². The van der Waals surface area contributed by atoms with Crippen LogP contribution in [0, 0.1) is 0 Å². The summed E-state index contributed by atoms with van der Waals surface area (Å²) >= 11 is 6.10. The fourth-order valence-electron chi connectivity index (χ4n) is 4.50. The Kier molecular flexibility index (Phi) is 9.44. The van der Waals surface area contributed by atoms with Gasteiger partial charge < -0.3 is 30.3 Å². The predicted octanol–water partition coefficient (Wildman–Crippen LogP) is 5.37. The van der Waals surface area contributed by atoms with E-state index in [4.69, 9.17) is 21.1 Å². The number of carbonyl (C=O) groups is 3. The van der Waals surface area contributed by atoms with Crippen LogP contribution >= 0.6 is 11.6 Å². The maximum Gasteiger partial charge on any atom is 0.337 e. The molecule has 210 valence electrons. The van der Waals surface area contributed by atoms with Crippen molar-refractivity contribution in [2.75, 3.05) is 43.3 Å². The van der Waals surface area contributed by atoms with E-state index >= 15 is 0 Å². The van der Waals surface area contributed by atoms with Crippen molar-refractivity contribution in [3.8, 4) is 5.75 Å². The second-order valence-corrected chi connectivity index (χ2v) is 9.66. The Hall–Kier alpha value is -4.31. The lowest BCUT2D eigenvalue weighted by atomic mass is 10.1. The third kappa shape index (κ3) is 7.20. The van der Waals surface area contributed by atoms with Gasteiger partial charge in [0, 0.05) is 18.7 Å². The lowest BCUT2D eigenvalue weighted by Gasteiger charge is -2.25. The molecule has 1 saturated heterocycles. The Morgan fingerprint density at radius 3 is 2.42 bits per heavy atom. The van der Waals surface area contributed by atoms with Crippen molar-refractivity contribution in [3.63, 3.8) is 0 Å². The van der Waals surface area contributed by atoms with Gasteiger partial charge in [-0.1, -0.05) is 29.8 Å². The molecule has 0 spiro atoms. The predicted molar refractivity (Wildman–Crippen MR) is 152 cm³/mol. The number of hydrogen-bond donors (Lipinski definition) is 3. The van der Waals surface area contributed by atoms with E-state index in [9.17, 15) is 18.8 Å². The molecule has 9 nitrogen and oxygen atoms in total. The lowest BCUT2D eigenvalue weighted by Crippen LogP contribution is -2.40. The van der Waals surface area contributed by atoms with Crippen LogP contribution < -0.4 is 20.7 Å². The van der Waals surface area contributed by atoms with Gasteiger partial charge in [-0.3, -0.25) is 4.79 Å². The maximum absolute atomic E-state index is 14.4. The average molecular weight is 569 g/mol. The number of nitrogens with one attached hydrogen (secondary N) is 3. The number of anilines is 3. The number of hydrogen-bond acceptors (Lipinski definition) is 6. The van der Waals surface area contributed by atoms with Crippen LogP contribution in [0.3, 0.4) is 0 Å². The molecule has 3 aromatic carbocycles. The van der Waals surface area contributed by atoms with Crippen molar-refractivity contribution in [1.29, 1.82) is 0 Å². The van der Waals surface area contributed by atoms with Crippen LogP contribution in [0.2, 0.25) is 5.02 Å². The van der Waals surface area contributed by atoms with Crippen LogP contribution in [-0.2, 0) is 16.0 Å². The Balaban J connectivity index is 1.36. The summed E-state index contributed by atoms with van der Waals surface area (Å²) in [7, 11) is 2.78. The summed E-state index contributed by atoms with van der Waals surface area (Å²) < 4.78 is 24.5. The fraction of sp³-hybridized carbons (Fsp3) is 0.276. The number of likely N-dealkylation sites (tertiary alicyclic amines) is 1. The molecule has 1 aliphatic rings. The Morgan fingerprint density at radius 1 is 1.00 bits per heavy atom. The Labute approximate surface area is 236 Å². The molecule has 1 heterocycles. The molecular weight excluding hydrogens is 539 g/mol. The molecule has 1 fully saturated rings. The summed E-state index contributed by atoms with van der Waals surface area (Å²) in [5.74, 6) is -0.273. The number of esters is 1. The minimum absolute atomic E-state index is 0.0193. The van der Waals surface area contributed by atoms with Crippen molar-refractivity contribution in [1.82, 2.24) is 4.90 Å². The average Bonchev–Trinajstić information content (AvgIpc) is 3.34. The van der Waals surface area contributed by atoms with Crippen LogP contribution in [0.25, 0.3) is 0 Å². The number of urea groups is 1. The highest BCUT2D eigenvalue weighted by molar-refractivity contribution is 6.33. The molecular formula is C29H30ClFN4O5. The third-order valence-corrected chi connectivity index (χ3v) is 6.85. The molecule has 40 heavy (non-hydrogen) atoms. The molecule has 2 unspecified atom stereocenters. The van der Waals surface area contributed by atoms with Crippen molar-refractivity contribution < 1.29 is 28.2 Å². The number of rotatable bonds is 9. The standard InChI is InChI=1S/C29H30ClFN4O5/c1-39-26-13-18(7-12-25(26)34-29(38)33-24-6-4-3-5-23(24)30)14-27(36)35-17-20(31)15-22(35)16-32-21-10-8-19(9-11-21)28(37)40-2/h3-13,20,22,32H,14-17H2,1-2H3,(H2,33,34,38). The summed E-state index contributed by atoms with van der Waals surface area (Å²) in [6, 6.07) is 17.8. The molecule has 2 atom stereocenters. The number of alkyl halides is 1. The second kappa shape index (κ2) is 13.2. The minimum Gasteiger partial charge on any atom is -0.495 e. The minimum atomic E-state index is -1.12. The van der Waals surface area contributed by atoms with Gasteiger partial charge in [0.25, 0.3) is 0 Å². The largest absolute Gasteiger partial charge is 0.495 e. The molecule has 0 aromatic heterocycles. The summed E-state index contributed by atoms with van der Waals surface area (Å²) in [6.07, 6.45) is -0.847. The summed E-state index contributed by atoms with van der Waals surface area (Å²) in [5, 5.41) is 9.02. The number of methoxy groups -OCH3 is 2. The summed E-state index contributed by atoms with van der Waals surface area (Å²) in [4.78, 5) is 38.8. The number of para-hydroxylation sites is 1. The topological polar surface area (TPSA) is 109 Å². The first-order valence-corrected chi connectivity index (χ1v) is 13.0. The van der Waals surface area contributed by atoms with Crippen LogP contribution in [0.5, 0.6) is 5.75 Å². The van der Waals surface area contributed by atoms with E-state index in [0.717, 1.165) is 5.69 Å². The molecule has 0 aliphatic carbocycles. The van der Waals surface area contributed by atoms with Gasteiger partial charge in [-0.25, -0.2) is 14.0 Å². The fourth-order valence-corrected chi connectivity index (χ4v) is 4.68. The van der Waals surface area contributed by atoms with Gasteiger partial charge in [0.2, 0.25) is 5.91 Å². The number of carbonyl (C=O) groups excluding carboxylic acids is 3. The molecule has 4 rings (SSSR count). The van der Waals surface area contributed by atoms with Crippen LogP contribution in [-0.4, -0.2) is 62.3 Å². The molecule has 1 aliphatic heterocycles. The highest BCUT2D eigenvalue weighted by atomic mass is 35.5. The molecule has 3 amide bonds. The zero-order valence-corrected chi connectivity index (χ0v) is 22.8. The molecule has 3 aromatic rings. The van der Waals surface area contributed by atoms with Gasteiger partial charge in [-0.15, -0.1) is 0 Å². The normalized spacial score (nSPS) is 16.2. The number of nitrogens with zero attached hydrogens (tertiary/aromatic N) is 1. The first kappa shape index (κ1) is 28.7. The van der Waals surface area contributed by atoms with Gasteiger partial charge in [0.05, 0.1) is 55.2 Å². The number of amides is 3. The van der Waals surface area contributed by atoms with E-state index in [1.54, 1.807) is 71.6 Å². The van der Waals surface area contributed by atoms with Crippen molar-refractivity contribution >= 4 is 46.6 Å². The first-order valence-electron chi connectivity index (χ1n) is 12.6. The van der Waals surface area contributed by atoms with E-state index in [1.807, 2.05) is 0 Å². The Morgan fingerprint density at radius 2 is 1.73 bits per heavy atom. The molecule has 0 bridgehead atoms. The molecule has 11 heteroatoms. The number of halogens is 2. The maximum atomic E-state index is 14.4. The van der Waals surface area contributed by atoms with Crippen LogP contribution in [0.1, 0.15) is 22.3 Å². The lowest BCUT2D eigenvalue weighted by molar-refractivity contribution is -0.131. The van der Waals surface area contributed by atoms with Gasteiger partial charge in [-0.2, -0.15) is 0 Å². The molecule has 3 N–H and O–H groups in total. The van der Waals surface area contributed by atoms with Gasteiger partial charge in [0.15, 0.2) is 0 Å². The van der Waals surface area contributed by atoms with E-state index in [0.29, 0.717) is 39.8 Å². The van der Waals surface area contributed by atoms with Crippen LogP contribution in [0.15, 0.2) is 66.7 Å². The number of ether oxygens (including phenoxy) is 2. The molecule has 0 saturated carbocycles. The molecule has 0 radical (unpaired) electrons. The van der Waals surface area contributed by atoms with Gasteiger partial charge in [-0.05, 0) is 54.1 Å². The Bertz CT molecular complexity index is 1370. The van der Waals surface area contributed by atoms with Gasteiger partial charge >= 0.3 is 12.0 Å². The van der Waals surface area contributed by atoms with Crippen LogP contribution in [0.4, 0.5) is 26.2 Å².